The van der Waals surface area contributed by atoms with Gasteiger partial charge in [0.05, 0.1) is 11.6 Å². The SMILES string of the molecule is CNc1cccc([C@H](CCC(N)=O)NC(=O)N2CCc3c(cc(N)cc3-c3ccc(C(F)(F)F)cc3)C2)c1. The highest BCUT2D eigenvalue weighted by Gasteiger charge is 2.30. The Morgan fingerprint density at radius 3 is 2.47 bits per heavy atom. The van der Waals surface area contributed by atoms with Crippen molar-refractivity contribution in [3.63, 3.8) is 0 Å². The molecular weight excluding hydrogens is 495 g/mol. The van der Waals surface area contributed by atoms with Crippen molar-refractivity contribution in [2.24, 2.45) is 5.73 Å². The Balaban J connectivity index is 1.55. The van der Waals surface area contributed by atoms with E-state index in [2.05, 4.69) is 10.6 Å². The molecule has 6 N–H and O–H groups in total. The second-order valence-corrected chi connectivity index (χ2v) is 9.34. The van der Waals surface area contributed by atoms with Crippen LogP contribution in [0.2, 0.25) is 0 Å². The van der Waals surface area contributed by atoms with Crippen molar-refractivity contribution in [2.45, 2.75) is 38.0 Å². The molecule has 1 atom stereocenters. The van der Waals surface area contributed by atoms with Crippen LogP contribution < -0.4 is 22.1 Å². The van der Waals surface area contributed by atoms with Crippen LogP contribution in [0.15, 0.2) is 60.7 Å². The third kappa shape index (κ3) is 6.19. The van der Waals surface area contributed by atoms with Gasteiger partial charge in [-0.3, -0.25) is 4.79 Å². The minimum Gasteiger partial charge on any atom is -0.399 e. The molecule has 3 aromatic rings. The van der Waals surface area contributed by atoms with E-state index >= 15 is 0 Å². The second-order valence-electron chi connectivity index (χ2n) is 9.34. The van der Waals surface area contributed by atoms with E-state index in [1.807, 2.05) is 24.3 Å². The van der Waals surface area contributed by atoms with Gasteiger partial charge in [0.2, 0.25) is 5.91 Å². The molecule has 0 radical (unpaired) electrons. The first-order valence-electron chi connectivity index (χ1n) is 12.3. The van der Waals surface area contributed by atoms with Crippen LogP contribution in [-0.4, -0.2) is 30.4 Å². The van der Waals surface area contributed by atoms with Gasteiger partial charge in [-0.2, -0.15) is 13.2 Å². The number of hydrogen-bond donors (Lipinski definition) is 4. The van der Waals surface area contributed by atoms with Gasteiger partial charge in [-0.25, -0.2) is 4.79 Å². The smallest absolute Gasteiger partial charge is 0.399 e. The van der Waals surface area contributed by atoms with E-state index in [9.17, 15) is 22.8 Å². The van der Waals surface area contributed by atoms with Crippen LogP contribution in [-0.2, 0) is 23.9 Å². The summed E-state index contributed by atoms with van der Waals surface area (Å²) in [5.74, 6) is -0.452. The number of amides is 3. The average molecular weight is 526 g/mol. The van der Waals surface area contributed by atoms with Gasteiger partial charge in [-0.15, -0.1) is 0 Å². The molecule has 7 nitrogen and oxygen atoms in total. The van der Waals surface area contributed by atoms with Crippen LogP contribution in [0.5, 0.6) is 0 Å². The van der Waals surface area contributed by atoms with Gasteiger partial charge in [-0.05, 0) is 77.1 Å². The standard InChI is InChI=1S/C28H30F3N5O2/c1-34-22-4-2-3-18(14-22)25(9-10-26(33)37)35-27(38)36-12-11-23-19(16-36)13-21(32)15-24(23)17-5-7-20(8-6-17)28(29,30)31/h2-8,13-15,25,34H,9-12,16,32H2,1H3,(H2,33,37)(H,35,38)/t25-/m0/s1. The molecule has 10 heteroatoms. The van der Waals surface area contributed by atoms with E-state index in [0.29, 0.717) is 37.2 Å². The maximum absolute atomic E-state index is 13.3. The van der Waals surface area contributed by atoms with Crippen LogP contribution in [0, 0.1) is 0 Å². The molecule has 1 aliphatic heterocycles. The van der Waals surface area contributed by atoms with Crippen molar-refractivity contribution >= 4 is 23.3 Å². The number of hydrogen-bond acceptors (Lipinski definition) is 4. The quantitative estimate of drug-likeness (QED) is 0.323. The highest BCUT2D eigenvalue weighted by Crippen LogP contribution is 2.35. The molecule has 0 fully saturated rings. The number of anilines is 2. The van der Waals surface area contributed by atoms with Crippen molar-refractivity contribution in [3.05, 3.63) is 82.9 Å². The van der Waals surface area contributed by atoms with E-state index in [4.69, 9.17) is 11.5 Å². The molecule has 0 aromatic heterocycles. The number of nitrogens with one attached hydrogen (secondary N) is 2. The Bertz CT molecular complexity index is 1330. The largest absolute Gasteiger partial charge is 0.416 e. The molecule has 1 heterocycles. The molecule has 0 saturated heterocycles. The van der Waals surface area contributed by atoms with Crippen molar-refractivity contribution in [2.75, 3.05) is 24.6 Å². The zero-order valence-electron chi connectivity index (χ0n) is 20.9. The van der Waals surface area contributed by atoms with Crippen molar-refractivity contribution in [3.8, 4) is 11.1 Å². The summed E-state index contributed by atoms with van der Waals surface area (Å²) in [6, 6.07) is 15.4. The summed E-state index contributed by atoms with van der Waals surface area (Å²) in [7, 11) is 1.80. The number of nitrogens with zero attached hydrogens (tertiary/aromatic N) is 1. The van der Waals surface area contributed by atoms with E-state index in [1.54, 1.807) is 24.1 Å². The summed E-state index contributed by atoms with van der Waals surface area (Å²) in [4.78, 5) is 26.4. The fourth-order valence-electron chi connectivity index (χ4n) is 4.75. The molecule has 3 amide bonds. The maximum atomic E-state index is 13.3. The summed E-state index contributed by atoms with van der Waals surface area (Å²) >= 11 is 0. The predicted molar refractivity (Wildman–Crippen MR) is 141 cm³/mol. The Morgan fingerprint density at radius 2 is 1.82 bits per heavy atom. The number of alkyl halides is 3. The highest BCUT2D eigenvalue weighted by atomic mass is 19.4. The number of nitrogen functional groups attached to an aromatic ring is 1. The minimum atomic E-state index is -4.41. The van der Waals surface area contributed by atoms with Crippen molar-refractivity contribution in [1.82, 2.24) is 10.2 Å². The lowest BCUT2D eigenvalue weighted by Gasteiger charge is -2.32. The normalized spacial score (nSPS) is 13.9. The van der Waals surface area contributed by atoms with Gasteiger partial charge in [-0.1, -0.05) is 24.3 Å². The average Bonchev–Trinajstić information content (AvgIpc) is 2.89. The zero-order valence-corrected chi connectivity index (χ0v) is 20.9. The Morgan fingerprint density at radius 1 is 1.08 bits per heavy atom. The summed E-state index contributed by atoms with van der Waals surface area (Å²) in [6.07, 6.45) is -3.43. The van der Waals surface area contributed by atoms with Gasteiger partial charge >= 0.3 is 12.2 Å². The Labute approximate surface area is 219 Å². The van der Waals surface area contributed by atoms with E-state index in [1.165, 1.54) is 12.1 Å². The first kappa shape index (κ1) is 26.8. The van der Waals surface area contributed by atoms with E-state index in [0.717, 1.165) is 40.1 Å². The lowest BCUT2D eigenvalue weighted by atomic mass is 9.89. The number of halogens is 3. The van der Waals surface area contributed by atoms with E-state index in [-0.39, 0.29) is 12.5 Å². The van der Waals surface area contributed by atoms with Crippen LogP contribution in [0.4, 0.5) is 29.3 Å². The first-order valence-corrected chi connectivity index (χ1v) is 12.3. The number of carbonyl (C=O) groups is 2. The Kier molecular flexibility index (Phi) is 7.80. The second kappa shape index (κ2) is 11.0. The molecule has 0 spiro atoms. The molecular formula is C28H30F3N5O2. The van der Waals surface area contributed by atoms with Crippen molar-refractivity contribution in [1.29, 1.82) is 0 Å². The van der Waals surface area contributed by atoms with Crippen LogP contribution in [0.1, 0.15) is 41.1 Å². The molecule has 3 aromatic carbocycles. The number of fused-ring (bicyclic) bond motifs is 1. The topological polar surface area (TPSA) is 113 Å². The first-order chi connectivity index (χ1) is 18.0. The molecule has 200 valence electrons. The third-order valence-electron chi connectivity index (χ3n) is 6.72. The monoisotopic (exact) mass is 525 g/mol. The summed E-state index contributed by atoms with van der Waals surface area (Å²) in [6.45, 7) is 0.703. The van der Waals surface area contributed by atoms with Crippen LogP contribution >= 0.6 is 0 Å². The maximum Gasteiger partial charge on any atom is 0.416 e. The van der Waals surface area contributed by atoms with Gasteiger partial charge < -0.3 is 27.0 Å². The third-order valence-corrected chi connectivity index (χ3v) is 6.72. The van der Waals surface area contributed by atoms with Crippen LogP contribution in [0.3, 0.4) is 0 Å². The number of nitrogens with two attached hydrogens (primary N) is 2. The minimum absolute atomic E-state index is 0.116. The fraction of sp³-hybridized carbons (Fsp3) is 0.286. The lowest BCUT2D eigenvalue weighted by Crippen LogP contribution is -2.44. The van der Waals surface area contributed by atoms with Crippen LogP contribution in [0.25, 0.3) is 11.1 Å². The number of benzene rings is 3. The van der Waals surface area contributed by atoms with Gasteiger partial charge in [0.1, 0.15) is 0 Å². The Hall–Kier alpha value is -4.21. The highest BCUT2D eigenvalue weighted by molar-refractivity contribution is 5.78. The molecule has 0 aliphatic carbocycles. The molecule has 38 heavy (non-hydrogen) atoms. The summed E-state index contributed by atoms with van der Waals surface area (Å²) < 4.78 is 39.0. The van der Waals surface area contributed by atoms with Gasteiger partial charge in [0.25, 0.3) is 0 Å². The van der Waals surface area contributed by atoms with Gasteiger partial charge in [0.15, 0.2) is 0 Å². The molecule has 4 rings (SSSR count). The number of urea groups is 1. The summed E-state index contributed by atoms with van der Waals surface area (Å²) in [5.41, 5.74) is 16.2. The van der Waals surface area contributed by atoms with Crippen molar-refractivity contribution < 1.29 is 22.8 Å². The predicted octanol–water partition coefficient (Wildman–Crippen LogP) is 5.07. The molecule has 0 bridgehead atoms. The number of carbonyl (C=O) groups excluding carboxylic acids is 2. The number of rotatable bonds is 7. The lowest BCUT2D eigenvalue weighted by molar-refractivity contribution is -0.137. The molecule has 0 saturated carbocycles. The molecule has 1 aliphatic rings. The zero-order chi connectivity index (χ0) is 27.4. The molecule has 0 unspecified atom stereocenters. The van der Waals surface area contributed by atoms with Gasteiger partial charge in [0, 0.05) is 37.9 Å². The number of primary amides is 1. The summed E-state index contributed by atoms with van der Waals surface area (Å²) in [5, 5.41) is 6.10. The van der Waals surface area contributed by atoms with E-state index < -0.39 is 23.7 Å². The fourth-order valence-corrected chi connectivity index (χ4v) is 4.75.